The van der Waals surface area contributed by atoms with Gasteiger partial charge in [0.05, 0.1) is 24.8 Å². The van der Waals surface area contributed by atoms with Crippen LogP contribution in [0, 0.1) is 0 Å². The fourth-order valence-electron chi connectivity index (χ4n) is 4.56. The highest BCUT2D eigenvalue weighted by Crippen LogP contribution is 2.36. The van der Waals surface area contributed by atoms with Gasteiger partial charge in [0.15, 0.2) is 0 Å². The Morgan fingerprint density at radius 3 is 2.38 bits per heavy atom. The predicted octanol–water partition coefficient (Wildman–Crippen LogP) is 2.79. The van der Waals surface area contributed by atoms with Gasteiger partial charge in [-0.05, 0) is 48.7 Å². The third kappa shape index (κ3) is 4.47. The molecule has 1 atom stereocenters. The van der Waals surface area contributed by atoms with Crippen molar-refractivity contribution in [2.45, 2.75) is 43.5 Å². The highest BCUT2D eigenvalue weighted by molar-refractivity contribution is 7.89. The molecule has 182 valence electrons. The molecule has 0 spiro atoms. The molecular formula is C24H29N3O6S. The number of ether oxygens (including phenoxy) is 2. The van der Waals surface area contributed by atoms with E-state index in [4.69, 9.17) is 9.47 Å². The Bertz CT molecular complexity index is 1210. The number of anilines is 2. The number of piperidine rings is 1. The van der Waals surface area contributed by atoms with Crippen molar-refractivity contribution in [3.63, 3.8) is 0 Å². The van der Waals surface area contributed by atoms with Gasteiger partial charge >= 0.3 is 0 Å². The van der Waals surface area contributed by atoms with Crippen LogP contribution in [0.2, 0.25) is 0 Å². The molecule has 1 saturated heterocycles. The fraction of sp³-hybridized carbons (Fsp3) is 0.417. The number of benzene rings is 2. The van der Waals surface area contributed by atoms with Gasteiger partial charge in [-0.15, -0.1) is 0 Å². The summed E-state index contributed by atoms with van der Waals surface area (Å²) in [6, 6.07) is 8.93. The van der Waals surface area contributed by atoms with Crippen LogP contribution >= 0.6 is 0 Å². The summed E-state index contributed by atoms with van der Waals surface area (Å²) >= 11 is 0. The lowest BCUT2D eigenvalue weighted by molar-refractivity contribution is -0.122. The summed E-state index contributed by atoms with van der Waals surface area (Å²) in [7, 11) is -0.599. The van der Waals surface area contributed by atoms with E-state index in [1.54, 1.807) is 30.3 Å². The Hall–Kier alpha value is -3.11. The standard InChI is InChI=1S/C24H29N3O6S/c1-16(28)27-21-10-8-19(34(30,31)26-11-5-4-6-12-26)13-17(21)14-22(27)24(29)25-20-9-7-18(32-2)15-23(20)33-3/h7-10,13,15,22H,4-6,11-12,14H2,1-3H3,(H,25,29). The van der Waals surface area contributed by atoms with Crippen LogP contribution in [0.25, 0.3) is 0 Å². The van der Waals surface area contributed by atoms with Gasteiger partial charge in [-0.1, -0.05) is 6.42 Å². The zero-order chi connectivity index (χ0) is 24.5. The average Bonchev–Trinajstić information content (AvgIpc) is 3.24. The molecular weight excluding hydrogens is 458 g/mol. The van der Waals surface area contributed by atoms with Crippen molar-refractivity contribution in [1.29, 1.82) is 0 Å². The summed E-state index contributed by atoms with van der Waals surface area (Å²) in [5.74, 6) is 0.311. The van der Waals surface area contributed by atoms with E-state index in [9.17, 15) is 18.0 Å². The minimum absolute atomic E-state index is 0.189. The zero-order valence-corrected chi connectivity index (χ0v) is 20.4. The third-order valence-corrected chi connectivity index (χ3v) is 8.19. The van der Waals surface area contributed by atoms with Crippen molar-refractivity contribution in [3.8, 4) is 11.5 Å². The van der Waals surface area contributed by atoms with Crippen molar-refractivity contribution in [1.82, 2.24) is 4.31 Å². The Morgan fingerprint density at radius 1 is 1.00 bits per heavy atom. The molecule has 2 amide bonds. The summed E-state index contributed by atoms with van der Waals surface area (Å²) in [4.78, 5) is 27.3. The van der Waals surface area contributed by atoms with E-state index in [0.29, 0.717) is 41.5 Å². The maximum Gasteiger partial charge on any atom is 0.248 e. The monoisotopic (exact) mass is 487 g/mol. The Morgan fingerprint density at radius 2 is 1.74 bits per heavy atom. The van der Waals surface area contributed by atoms with Crippen LogP contribution in [-0.4, -0.2) is 57.9 Å². The molecule has 9 nitrogen and oxygen atoms in total. The maximum atomic E-state index is 13.2. The largest absolute Gasteiger partial charge is 0.497 e. The van der Waals surface area contributed by atoms with Crippen molar-refractivity contribution >= 4 is 33.2 Å². The molecule has 2 aliphatic heterocycles. The molecule has 2 heterocycles. The summed E-state index contributed by atoms with van der Waals surface area (Å²) in [5.41, 5.74) is 1.64. The molecule has 1 fully saturated rings. The number of nitrogens with one attached hydrogen (secondary N) is 1. The predicted molar refractivity (Wildman–Crippen MR) is 128 cm³/mol. The molecule has 1 unspecified atom stereocenters. The Labute approximate surface area is 199 Å². The third-order valence-electron chi connectivity index (χ3n) is 6.30. The number of hydrogen-bond donors (Lipinski definition) is 1. The first-order valence-corrected chi connectivity index (χ1v) is 12.7. The smallest absolute Gasteiger partial charge is 0.248 e. The molecule has 4 rings (SSSR count). The van der Waals surface area contributed by atoms with Gasteiger partial charge in [0.25, 0.3) is 0 Å². The maximum absolute atomic E-state index is 13.2. The van der Waals surface area contributed by atoms with Crippen LogP contribution < -0.4 is 19.7 Å². The van der Waals surface area contributed by atoms with Gasteiger partial charge < -0.3 is 14.8 Å². The van der Waals surface area contributed by atoms with Gasteiger partial charge in [-0.3, -0.25) is 14.5 Å². The topological polar surface area (TPSA) is 105 Å². The number of hydrogen-bond acceptors (Lipinski definition) is 6. The quantitative estimate of drug-likeness (QED) is 0.672. The van der Waals surface area contributed by atoms with Crippen molar-refractivity contribution in [2.24, 2.45) is 0 Å². The second-order valence-corrected chi connectivity index (χ2v) is 10.4. The molecule has 0 aliphatic carbocycles. The van der Waals surface area contributed by atoms with Crippen molar-refractivity contribution in [3.05, 3.63) is 42.0 Å². The molecule has 0 radical (unpaired) electrons. The molecule has 2 aromatic carbocycles. The molecule has 0 bridgehead atoms. The van der Waals surface area contributed by atoms with Gasteiger partial charge in [-0.2, -0.15) is 4.31 Å². The molecule has 1 N–H and O–H groups in total. The van der Waals surface area contributed by atoms with Crippen LogP contribution in [0.4, 0.5) is 11.4 Å². The minimum Gasteiger partial charge on any atom is -0.497 e. The normalized spacial score (nSPS) is 18.3. The average molecular weight is 488 g/mol. The van der Waals surface area contributed by atoms with Gasteiger partial charge in [-0.25, -0.2) is 8.42 Å². The number of carbonyl (C=O) groups is 2. The van der Waals surface area contributed by atoms with Gasteiger partial charge in [0.1, 0.15) is 17.5 Å². The molecule has 0 saturated carbocycles. The second-order valence-electron chi connectivity index (χ2n) is 8.42. The molecule has 10 heteroatoms. The first-order valence-electron chi connectivity index (χ1n) is 11.2. The van der Waals surface area contributed by atoms with Crippen LogP contribution in [0.15, 0.2) is 41.3 Å². The van der Waals surface area contributed by atoms with E-state index in [0.717, 1.165) is 19.3 Å². The number of fused-ring (bicyclic) bond motifs is 1. The highest BCUT2D eigenvalue weighted by Gasteiger charge is 2.38. The number of sulfonamides is 1. The lowest BCUT2D eigenvalue weighted by atomic mass is 10.1. The van der Waals surface area contributed by atoms with Crippen LogP contribution in [0.5, 0.6) is 11.5 Å². The lowest BCUT2D eigenvalue weighted by Crippen LogP contribution is -2.44. The Kier molecular flexibility index (Phi) is 6.81. The van der Waals surface area contributed by atoms with E-state index in [1.165, 1.54) is 36.4 Å². The summed E-state index contributed by atoms with van der Waals surface area (Å²) in [6.07, 6.45) is 2.93. The van der Waals surface area contributed by atoms with Crippen molar-refractivity contribution < 1.29 is 27.5 Å². The highest BCUT2D eigenvalue weighted by atomic mass is 32.2. The number of methoxy groups -OCH3 is 2. The number of rotatable bonds is 6. The van der Waals surface area contributed by atoms with Gasteiger partial charge in [0, 0.05) is 38.2 Å². The zero-order valence-electron chi connectivity index (χ0n) is 19.5. The number of carbonyl (C=O) groups excluding carboxylic acids is 2. The Balaban J connectivity index is 1.60. The molecule has 34 heavy (non-hydrogen) atoms. The van der Waals surface area contributed by atoms with E-state index in [-0.39, 0.29) is 17.2 Å². The van der Waals surface area contributed by atoms with Crippen LogP contribution in [-0.2, 0) is 26.0 Å². The number of amides is 2. The van der Waals surface area contributed by atoms with Gasteiger partial charge in [0.2, 0.25) is 21.8 Å². The number of nitrogens with zero attached hydrogens (tertiary/aromatic N) is 2. The van der Waals surface area contributed by atoms with E-state index in [2.05, 4.69) is 5.32 Å². The first-order chi connectivity index (χ1) is 16.3. The van der Waals surface area contributed by atoms with E-state index < -0.39 is 22.0 Å². The fourth-order valence-corrected chi connectivity index (χ4v) is 6.13. The second kappa shape index (κ2) is 9.63. The summed E-state index contributed by atoms with van der Waals surface area (Å²) in [5, 5.41) is 2.83. The molecule has 2 aliphatic rings. The van der Waals surface area contributed by atoms with Crippen molar-refractivity contribution in [2.75, 3.05) is 37.5 Å². The van der Waals surface area contributed by atoms with Crippen LogP contribution in [0.1, 0.15) is 31.7 Å². The SMILES string of the molecule is COc1ccc(NC(=O)C2Cc3cc(S(=O)(=O)N4CCCCC4)ccc3N2C(C)=O)c(OC)c1. The van der Waals surface area contributed by atoms with E-state index in [1.807, 2.05) is 0 Å². The van der Waals surface area contributed by atoms with Crippen LogP contribution in [0.3, 0.4) is 0 Å². The molecule has 2 aromatic rings. The molecule has 0 aromatic heterocycles. The van der Waals surface area contributed by atoms with E-state index >= 15 is 0 Å². The first kappa shape index (κ1) is 24.0. The summed E-state index contributed by atoms with van der Waals surface area (Å²) in [6.45, 7) is 2.41. The minimum atomic E-state index is -3.62. The summed E-state index contributed by atoms with van der Waals surface area (Å²) < 4.78 is 38.3. The lowest BCUT2D eigenvalue weighted by Gasteiger charge is -2.26.